The molecule has 0 saturated heterocycles. The Hall–Kier alpha value is -2.53. The van der Waals surface area contributed by atoms with Crippen molar-refractivity contribution in [3.63, 3.8) is 0 Å². The maximum atomic E-state index is 11.3. The van der Waals surface area contributed by atoms with Crippen LogP contribution in [0.25, 0.3) is 0 Å². The van der Waals surface area contributed by atoms with Crippen LogP contribution in [0, 0.1) is 0 Å². The van der Waals surface area contributed by atoms with Gasteiger partial charge in [-0.05, 0) is 11.6 Å². The monoisotopic (exact) mass is 287 g/mol. The molecule has 0 radical (unpaired) electrons. The van der Waals surface area contributed by atoms with E-state index in [-0.39, 0.29) is 13.2 Å². The molecule has 0 aliphatic heterocycles. The summed E-state index contributed by atoms with van der Waals surface area (Å²) < 4.78 is 5.21. The number of hydroxylamine groups is 2. The molecule has 21 heavy (non-hydrogen) atoms. The highest BCUT2D eigenvalue weighted by Gasteiger charge is 2.15. The molecular formula is C16H17NO4. The third-order valence-electron chi connectivity index (χ3n) is 2.95. The Morgan fingerprint density at radius 3 is 2.43 bits per heavy atom. The molecule has 0 aliphatic carbocycles. The maximum absolute atomic E-state index is 11.3. The molecule has 0 bridgehead atoms. The van der Waals surface area contributed by atoms with E-state index in [9.17, 15) is 9.90 Å². The summed E-state index contributed by atoms with van der Waals surface area (Å²) in [6.07, 6.45) is -1.14. The van der Waals surface area contributed by atoms with E-state index < -0.39 is 6.09 Å². The Labute approximate surface area is 123 Å². The van der Waals surface area contributed by atoms with E-state index in [4.69, 9.17) is 9.57 Å². The van der Waals surface area contributed by atoms with Crippen molar-refractivity contribution in [3.8, 4) is 5.75 Å². The third kappa shape index (κ3) is 4.22. The van der Waals surface area contributed by atoms with Crippen LogP contribution in [0.3, 0.4) is 0 Å². The molecule has 110 valence electrons. The highest BCUT2D eigenvalue weighted by molar-refractivity contribution is 5.63. The number of methoxy groups -OCH3 is 1. The number of nitrogens with zero attached hydrogens (tertiary/aromatic N) is 1. The molecule has 0 aromatic heterocycles. The largest absolute Gasteiger partial charge is 0.496 e. The minimum absolute atomic E-state index is 0.103. The van der Waals surface area contributed by atoms with Gasteiger partial charge in [0.05, 0.1) is 13.7 Å². The lowest BCUT2D eigenvalue weighted by Gasteiger charge is -2.19. The summed E-state index contributed by atoms with van der Waals surface area (Å²) in [6, 6.07) is 16.7. The number of rotatable bonds is 6. The second-order valence-electron chi connectivity index (χ2n) is 4.39. The molecule has 0 spiro atoms. The molecule has 5 nitrogen and oxygen atoms in total. The summed E-state index contributed by atoms with van der Waals surface area (Å²) in [5.41, 5.74) is 1.65. The van der Waals surface area contributed by atoms with Crippen molar-refractivity contribution < 1.29 is 19.5 Å². The van der Waals surface area contributed by atoms with Gasteiger partial charge < -0.3 is 9.84 Å². The fraction of sp³-hybridized carbons (Fsp3) is 0.188. The average Bonchev–Trinajstić information content (AvgIpc) is 2.52. The van der Waals surface area contributed by atoms with Crippen LogP contribution in [0.1, 0.15) is 11.1 Å². The Bertz CT molecular complexity index is 586. The van der Waals surface area contributed by atoms with Crippen molar-refractivity contribution >= 4 is 6.09 Å². The SMILES string of the molecule is COc1ccccc1CN(OCc1ccccc1)C(=O)O. The van der Waals surface area contributed by atoms with Crippen LogP contribution in [-0.4, -0.2) is 23.4 Å². The van der Waals surface area contributed by atoms with Crippen LogP contribution in [0.4, 0.5) is 4.79 Å². The first-order chi connectivity index (χ1) is 10.2. The van der Waals surface area contributed by atoms with Gasteiger partial charge in [0.2, 0.25) is 0 Å². The van der Waals surface area contributed by atoms with Crippen LogP contribution in [0.5, 0.6) is 5.75 Å². The second kappa shape index (κ2) is 7.31. The quantitative estimate of drug-likeness (QED) is 0.828. The molecule has 0 heterocycles. The Morgan fingerprint density at radius 2 is 1.76 bits per heavy atom. The maximum Gasteiger partial charge on any atom is 0.431 e. The van der Waals surface area contributed by atoms with Crippen molar-refractivity contribution in [2.75, 3.05) is 7.11 Å². The number of ether oxygens (including phenoxy) is 1. The number of carbonyl (C=O) groups is 1. The van der Waals surface area contributed by atoms with Gasteiger partial charge >= 0.3 is 6.09 Å². The van der Waals surface area contributed by atoms with Crippen molar-refractivity contribution in [2.24, 2.45) is 0 Å². The zero-order valence-corrected chi connectivity index (χ0v) is 11.7. The molecule has 2 rings (SSSR count). The van der Waals surface area contributed by atoms with Gasteiger partial charge in [-0.25, -0.2) is 4.79 Å². The van der Waals surface area contributed by atoms with E-state index in [0.29, 0.717) is 5.75 Å². The first-order valence-corrected chi connectivity index (χ1v) is 6.50. The van der Waals surface area contributed by atoms with Crippen molar-refractivity contribution in [1.29, 1.82) is 0 Å². The lowest BCUT2D eigenvalue weighted by molar-refractivity contribution is -0.147. The summed E-state index contributed by atoms with van der Waals surface area (Å²) in [4.78, 5) is 16.7. The van der Waals surface area contributed by atoms with Crippen molar-refractivity contribution in [3.05, 3.63) is 65.7 Å². The molecule has 5 heteroatoms. The lowest BCUT2D eigenvalue weighted by Crippen LogP contribution is -2.29. The number of hydrogen-bond donors (Lipinski definition) is 1. The van der Waals surface area contributed by atoms with E-state index in [2.05, 4.69) is 0 Å². The van der Waals surface area contributed by atoms with Crippen LogP contribution in [0.15, 0.2) is 54.6 Å². The minimum atomic E-state index is -1.14. The highest BCUT2D eigenvalue weighted by atomic mass is 16.7. The van der Waals surface area contributed by atoms with Gasteiger partial charge in [0.25, 0.3) is 0 Å². The van der Waals surface area contributed by atoms with Gasteiger partial charge in [-0.3, -0.25) is 4.84 Å². The number of para-hydroxylation sites is 1. The zero-order valence-electron chi connectivity index (χ0n) is 11.7. The highest BCUT2D eigenvalue weighted by Crippen LogP contribution is 2.19. The Kier molecular flexibility index (Phi) is 5.17. The van der Waals surface area contributed by atoms with E-state index in [1.807, 2.05) is 42.5 Å². The molecule has 0 aliphatic rings. The molecule has 1 N–H and O–H groups in total. The molecule has 2 aromatic rings. The summed E-state index contributed by atoms with van der Waals surface area (Å²) in [5.74, 6) is 0.632. The summed E-state index contributed by atoms with van der Waals surface area (Å²) in [5, 5.41) is 10.1. The third-order valence-corrected chi connectivity index (χ3v) is 2.95. The Morgan fingerprint density at radius 1 is 1.10 bits per heavy atom. The summed E-state index contributed by atoms with van der Waals surface area (Å²) in [7, 11) is 1.55. The first kappa shape index (κ1) is 14.9. The van der Waals surface area contributed by atoms with E-state index in [0.717, 1.165) is 16.2 Å². The fourth-order valence-electron chi connectivity index (χ4n) is 1.88. The van der Waals surface area contributed by atoms with Crippen LogP contribution in [-0.2, 0) is 18.0 Å². The van der Waals surface area contributed by atoms with Crippen LogP contribution in [0.2, 0.25) is 0 Å². The van der Waals surface area contributed by atoms with Gasteiger partial charge in [-0.2, -0.15) is 5.06 Å². The molecule has 0 saturated carbocycles. The number of carboxylic acid groups (broad SMARTS) is 1. The fourth-order valence-corrected chi connectivity index (χ4v) is 1.88. The number of benzene rings is 2. The van der Waals surface area contributed by atoms with Gasteiger partial charge in [-0.1, -0.05) is 48.5 Å². The molecule has 1 amide bonds. The smallest absolute Gasteiger partial charge is 0.431 e. The predicted molar refractivity (Wildman–Crippen MR) is 77.8 cm³/mol. The van der Waals surface area contributed by atoms with Crippen molar-refractivity contribution in [1.82, 2.24) is 5.06 Å². The molecule has 0 unspecified atom stereocenters. The second-order valence-corrected chi connectivity index (χ2v) is 4.39. The molecular weight excluding hydrogens is 270 g/mol. The van der Waals surface area contributed by atoms with E-state index in [1.165, 1.54) is 0 Å². The van der Waals surface area contributed by atoms with Gasteiger partial charge in [-0.15, -0.1) is 0 Å². The normalized spacial score (nSPS) is 10.1. The number of amides is 1. The topological polar surface area (TPSA) is 59.0 Å². The van der Waals surface area contributed by atoms with Gasteiger partial charge in [0.1, 0.15) is 12.4 Å². The Balaban J connectivity index is 2.04. The molecule has 0 fully saturated rings. The van der Waals surface area contributed by atoms with Gasteiger partial charge in [0, 0.05) is 5.56 Å². The summed E-state index contributed by atoms with van der Waals surface area (Å²) in [6.45, 7) is 0.300. The standard InChI is InChI=1S/C16H17NO4/c1-20-15-10-6-5-9-14(15)11-17(16(18)19)21-12-13-7-3-2-4-8-13/h2-10H,11-12H2,1H3,(H,18,19). The molecule has 2 aromatic carbocycles. The van der Waals surface area contributed by atoms with E-state index >= 15 is 0 Å². The predicted octanol–water partition coefficient (Wildman–Crippen LogP) is 3.31. The van der Waals surface area contributed by atoms with Crippen molar-refractivity contribution in [2.45, 2.75) is 13.2 Å². The lowest BCUT2D eigenvalue weighted by atomic mass is 10.2. The minimum Gasteiger partial charge on any atom is -0.496 e. The summed E-state index contributed by atoms with van der Waals surface area (Å²) >= 11 is 0. The van der Waals surface area contributed by atoms with E-state index in [1.54, 1.807) is 19.2 Å². The number of hydrogen-bond acceptors (Lipinski definition) is 3. The first-order valence-electron chi connectivity index (χ1n) is 6.50. The zero-order chi connectivity index (χ0) is 15.1. The average molecular weight is 287 g/mol. The van der Waals surface area contributed by atoms with Crippen LogP contribution < -0.4 is 4.74 Å². The molecule has 0 atom stereocenters. The van der Waals surface area contributed by atoms with Gasteiger partial charge in [0.15, 0.2) is 0 Å². The van der Waals surface area contributed by atoms with Crippen LogP contribution >= 0.6 is 0 Å².